The number of hydrogen-bond donors (Lipinski definition) is 0. The van der Waals surface area contributed by atoms with E-state index in [1.807, 2.05) is 9.80 Å². The van der Waals surface area contributed by atoms with Gasteiger partial charge in [-0.2, -0.15) is 0 Å². The van der Waals surface area contributed by atoms with Gasteiger partial charge in [0.15, 0.2) is 0 Å². The molecule has 1 aliphatic carbocycles. The molecule has 2 heterocycles. The first kappa shape index (κ1) is 16.7. The number of amides is 2. The third kappa shape index (κ3) is 3.87. The first-order valence-corrected chi connectivity index (χ1v) is 9.20. The number of piperidine rings is 1. The van der Waals surface area contributed by atoms with Crippen molar-refractivity contribution in [3.8, 4) is 0 Å². The summed E-state index contributed by atoms with van der Waals surface area (Å²) in [6, 6.07) is 0. The zero-order chi connectivity index (χ0) is 16.3. The quantitative estimate of drug-likeness (QED) is 0.800. The van der Waals surface area contributed by atoms with Gasteiger partial charge in [-0.3, -0.25) is 9.59 Å². The van der Waals surface area contributed by atoms with Gasteiger partial charge < -0.3 is 14.5 Å². The van der Waals surface area contributed by atoms with Gasteiger partial charge in [-0.05, 0) is 31.1 Å². The molecule has 23 heavy (non-hydrogen) atoms. The Morgan fingerprint density at radius 3 is 2.65 bits per heavy atom. The van der Waals surface area contributed by atoms with Crippen LogP contribution in [0.1, 0.15) is 57.8 Å². The highest BCUT2D eigenvalue weighted by molar-refractivity contribution is 5.86. The van der Waals surface area contributed by atoms with Crippen LogP contribution in [0.25, 0.3) is 0 Å². The lowest BCUT2D eigenvalue weighted by Gasteiger charge is -2.33. The minimum Gasteiger partial charge on any atom is -0.380 e. The highest BCUT2D eigenvalue weighted by Crippen LogP contribution is 2.43. The van der Waals surface area contributed by atoms with Gasteiger partial charge in [0, 0.05) is 33.2 Å². The topological polar surface area (TPSA) is 49.9 Å². The molecule has 0 aromatic carbocycles. The van der Waals surface area contributed by atoms with Crippen molar-refractivity contribution in [2.75, 3.05) is 33.3 Å². The number of carbonyl (C=O) groups excluding carboxylic acids is 2. The monoisotopic (exact) mass is 322 g/mol. The normalized spacial score (nSPS) is 28.2. The van der Waals surface area contributed by atoms with Crippen molar-refractivity contribution in [1.82, 2.24) is 9.80 Å². The molecule has 3 rings (SSSR count). The van der Waals surface area contributed by atoms with E-state index in [0.717, 1.165) is 38.8 Å². The minimum absolute atomic E-state index is 0.0887. The molecule has 0 bridgehead atoms. The first-order valence-electron chi connectivity index (χ1n) is 9.20. The van der Waals surface area contributed by atoms with Crippen LogP contribution in [0.3, 0.4) is 0 Å². The highest BCUT2D eigenvalue weighted by Gasteiger charge is 2.43. The molecule has 0 N–H and O–H groups in total. The summed E-state index contributed by atoms with van der Waals surface area (Å²) in [5, 5.41) is 0. The summed E-state index contributed by atoms with van der Waals surface area (Å²) in [4.78, 5) is 28.7. The lowest BCUT2D eigenvalue weighted by Crippen LogP contribution is -2.47. The Morgan fingerprint density at radius 1 is 1.22 bits per heavy atom. The van der Waals surface area contributed by atoms with E-state index >= 15 is 0 Å². The van der Waals surface area contributed by atoms with Gasteiger partial charge in [0.25, 0.3) is 0 Å². The number of hydrogen-bond acceptors (Lipinski definition) is 3. The van der Waals surface area contributed by atoms with Gasteiger partial charge >= 0.3 is 0 Å². The van der Waals surface area contributed by atoms with E-state index in [2.05, 4.69) is 0 Å². The number of likely N-dealkylation sites (tertiary alicyclic amines) is 2. The van der Waals surface area contributed by atoms with Gasteiger partial charge in [-0.25, -0.2) is 0 Å². The SMILES string of the molecule is COC1CCCN(C(=O)CN2CC3(CCCCCC3)CC2=O)C1. The van der Waals surface area contributed by atoms with E-state index in [0.29, 0.717) is 13.0 Å². The molecular weight excluding hydrogens is 292 g/mol. The van der Waals surface area contributed by atoms with Crippen LogP contribution in [0.2, 0.25) is 0 Å². The molecule has 0 aromatic rings. The molecule has 3 aliphatic rings. The van der Waals surface area contributed by atoms with Crippen LogP contribution in [-0.2, 0) is 14.3 Å². The highest BCUT2D eigenvalue weighted by atomic mass is 16.5. The molecule has 5 heteroatoms. The predicted octanol–water partition coefficient (Wildman–Crippen LogP) is 2.20. The Bertz CT molecular complexity index is 444. The maximum Gasteiger partial charge on any atom is 0.242 e. The third-order valence-electron chi connectivity index (χ3n) is 5.96. The average Bonchev–Trinajstić information content (AvgIpc) is 2.73. The molecule has 1 spiro atoms. The van der Waals surface area contributed by atoms with Crippen LogP contribution < -0.4 is 0 Å². The van der Waals surface area contributed by atoms with Gasteiger partial charge in [-0.15, -0.1) is 0 Å². The number of methoxy groups -OCH3 is 1. The summed E-state index contributed by atoms with van der Waals surface area (Å²) < 4.78 is 5.39. The predicted molar refractivity (Wildman–Crippen MR) is 87.9 cm³/mol. The van der Waals surface area contributed by atoms with Crippen molar-refractivity contribution in [1.29, 1.82) is 0 Å². The van der Waals surface area contributed by atoms with Crippen molar-refractivity contribution in [2.45, 2.75) is 63.9 Å². The van der Waals surface area contributed by atoms with Crippen LogP contribution in [0.5, 0.6) is 0 Å². The van der Waals surface area contributed by atoms with Gasteiger partial charge in [-0.1, -0.05) is 25.7 Å². The molecular formula is C18H30N2O3. The zero-order valence-electron chi connectivity index (χ0n) is 14.4. The van der Waals surface area contributed by atoms with E-state index in [-0.39, 0.29) is 29.9 Å². The zero-order valence-corrected chi connectivity index (χ0v) is 14.4. The maximum atomic E-state index is 12.6. The molecule has 1 atom stereocenters. The fourth-order valence-electron chi connectivity index (χ4n) is 4.56. The van der Waals surface area contributed by atoms with Crippen molar-refractivity contribution >= 4 is 11.8 Å². The van der Waals surface area contributed by atoms with Crippen LogP contribution >= 0.6 is 0 Å². The Morgan fingerprint density at radius 2 is 1.96 bits per heavy atom. The van der Waals surface area contributed by atoms with Crippen LogP contribution in [0, 0.1) is 5.41 Å². The lowest BCUT2D eigenvalue weighted by molar-refractivity contribution is -0.140. The first-order chi connectivity index (χ1) is 11.1. The summed E-state index contributed by atoms with van der Waals surface area (Å²) in [6.07, 6.45) is 10.2. The summed E-state index contributed by atoms with van der Waals surface area (Å²) in [5.74, 6) is 0.270. The Kier molecular flexibility index (Phi) is 5.24. The van der Waals surface area contributed by atoms with Gasteiger partial charge in [0.05, 0.1) is 12.6 Å². The van der Waals surface area contributed by atoms with E-state index in [9.17, 15) is 9.59 Å². The number of carbonyl (C=O) groups is 2. The summed E-state index contributed by atoms with van der Waals surface area (Å²) in [7, 11) is 1.71. The number of rotatable bonds is 3. The maximum absolute atomic E-state index is 12.6. The Balaban J connectivity index is 1.57. The average molecular weight is 322 g/mol. The minimum atomic E-state index is 0.0887. The van der Waals surface area contributed by atoms with E-state index in [1.165, 1.54) is 25.7 Å². The van der Waals surface area contributed by atoms with Gasteiger partial charge in [0.1, 0.15) is 0 Å². The Hall–Kier alpha value is -1.10. The van der Waals surface area contributed by atoms with Crippen molar-refractivity contribution < 1.29 is 14.3 Å². The van der Waals surface area contributed by atoms with E-state index in [4.69, 9.17) is 4.74 Å². The summed E-state index contributed by atoms with van der Waals surface area (Å²) in [6.45, 7) is 2.52. The smallest absolute Gasteiger partial charge is 0.242 e. The lowest BCUT2D eigenvalue weighted by atomic mass is 9.80. The Labute approximate surface area is 139 Å². The van der Waals surface area contributed by atoms with Crippen LogP contribution in [0.15, 0.2) is 0 Å². The fourth-order valence-corrected chi connectivity index (χ4v) is 4.56. The second kappa shape index (κ2) is 7.20. The van der Waals surface area contributed by atoms with Crippen molar-refractivity contribution in [2.24, 2.45) is 5.41 Å². The van der Waals surface area contributed by atoms with E-state index in [1.54, 1.807) is 7.11 Å². The third-order valence-corrected chi connectivity index (χ3v) is 5.96. The largest absolute Gasteiger partial charge is 0.380 e. The van der Waals surface area contributed by atoms with Gasteiger partial charge in [0.2, 0.25) is 11.8 Å². The van der Waals surface area contributed by atoms with Crippen LogP contribution in [-0.4, -0.2) is 61.0 Å². The number of ether oxygens (including phenoxy) is 1. The molecule has 2 amide bonds. The summed E-state index contributed by atoms with van der Waals surface area (Å²) >= 11 is 0. The molecule has 0 aromatic heterocycles. The molecule has 1 unspecified atom stereocenters. The fraction of sp³-hybridized carbons (Fsp3) is 0.889. The second-order valence-corrected chi connectivity index (χ2v) is 7.68. The second-order valence-electron chi connectivity index (χ2n) is 7.68. The summed E-state index contributed by atoms with van der Waals surface area (Å²) in [5.41, 5.74) is 0.158. The van der Waals surface area contributed by atoms with Crippen LogP contribution in [0.4, 0.5) is 0 Å². The molecule has 1 saturated carbocycles. The molecule has 5 nitrogen and oxygen atoms in total. The van der Waals surface area contributed by atoms with E-state index < -0.39 is 0 Å². The molecule has 2 aliphatic heterocycles. The molecule has 0 radical (unpaired) electrons. The molecule has 130 valence electrons. The number of nitrogens with zero attached hydrogens (tertiary/aromatic N) is 2. The molecule has 2 saturated heterocycles. The van der Waals surface area contributed by atoms with Crippen molar-refractivity contribution in [3.05, 3.63) is 0 Å². The molecule has 3 fully saturated rings. The standard InChI is InChI=1S/C18H30N2O3/c1-23-15-7-6-10-19(12-15)17(22)13-20-14-18(11-16(20)21)8-4-2-3-5-9-18/h15H,2-14H2,1H3. The van der Waals surface area contributed by atoms with Crippen molar-refractivity contribution in [3.63, 3.8) is 0 Å².